The number of aromatic nitrogens is 3. The maximum atomic E-state index is 5.54. The minimum atomic E-state index is 0.691. The first-order valence-corrected chi connectivity index (χ1v) is 8.12. The molecule has 0 spiro atoms. The SMILES string of the molecule is c1cnn(Cc2noc3c2CN(CC2CCOCC2)CC3)c1. The first-order chi connectivity index (χ1) is 10.9. The standard InChI is InChI=1S/C16H22N4O2/c1-5-17-20(6-1)12-15-14-11-19(7-2-16(14)22-18-15)10-13-3-8-21-9-4-13/h1,5-6,13H,2-4,7-12H2. The van der Waals surface area contributed by atoms with E-state index >= 15 is 0 Å². The summed E-state index contributed by atoms with van der Waals surface area (Å²) in [6, 6.07) is 1.93. The van der Waals surface area contributed by atoms with Gasteiger partial charge in [0.1, 0.15) is 11.5 Å². The Morgan fingerprint density at radius 1 is 1.27 bits per heavy atom. The van der Waals surface area contributed by atoms with E-state index in [4.69, 9.17) is 9.26 Å². The van der Waals surface area contributed by atoms with Crippen molar-refractivity contribution in [2.24, 2.45) is 5.92 Å². The Hall–Kier alpha value is -1.66. The predicted octanol–water partition coefficient (Wildman–Crippen LogP) is 1.70. The van der Waals surface area contributed by atoms with Crippen molar-refractivity contribution in [3.05, 3.63) is 35.5 Å². The second kappa shape index (κ2) is 6.22. The van der Waals surface area contributed by atoms with Crippen molar-refractivity contribution < 1.29 is 9.26 Å². The van der Waals surface area contributed by atoms with Crippen molar-refractivity contribution in [3.63, 3.8) is 0 Å². The Morgan fingerprint density at radius 3 is 3.00 bits per heavy atom. The van der Waals surface area contributed by atoms with Gasteiger partial charge in [-0.15, -0.1) is 0 Å². The van der Waals surface area contributed by atoms with Crippen molar-refractivity contribution in [2.45, 2.75) is 32.4 Å². The summed E-state index contributed by atoms with van der Waals surface area (Å²) >= 11 is 0. The van der Waals surface area contributed by atoms with E-state index in [0.29, 0.717) is 6.54 Å². The van der Waals surface area contributed by atoms with Gasteiger partial charge < -0.3 is 9.26 Å². The van der Waals surface area contributed by atoms with Gasteiger partial charge in [-0.2, -0.15) is 5.10 Å². The molecule has 0 bridgehead atoms. The van der Waals surface area contributed by atoms with E-state index in [-0.39, 0.29) is 0 Å². The molecule has 0 aliphatic carbocycles. The van der Waals surface area contributed by atoms with E-state index in [1.165, 1.54) is 18.4 Å². The molecule has 0 unspecified atom stereocenters. The molecule has 0 atom stereocenters. The fraction of sp³-hybridized carbons (Fsp3) is 0.625. The molecular formula is C16H22N4O2. The third-order valence-electron chi connectivity index (χ3n) is 4.72. The molecule has 2 aliphatic rings. The van der Waals surface area contributed by atoms with E-state index in [1.807, 2.05) is 16.9 Å². The number of fused-ring (bicyclic) bond motifs is 1. The van der Waals surface area contributed by atoms with Crippen LogP contribution < -0.4 is 0 Å². The molecule has 6 nitrogen and oxygen atoms in total. The van der Waals surface area contributed by atoms with Crippen LogP contribution in [-0.2, 0) is 24.2 Å². The molecule has 1 fully saturated rings. The van der Waals surface area contributed by atoms with Crippen molar-refractivity contribution in [2.75, 3.05) is 26.3 Å². The van der Waals surface area contributed by atoms with Crippen LogP contribution >= 0.6 is 0 Å². The van der Waals surface area contributed by atoms with Crippen LogP contribution in [0, 0.1) is 5.92 Å². The molecule has 4 rings (SSSR count). The molecule has 0 radical (unpaired) electrons. The minimum absolute atomic E-state index is 0.691. The summed E-state index contributed by atoms with van der Waals surface area (Å²) < 4.78 is 12.9. The molecule has 1 saturated heterocycles. The summed E-state index contributed by atoms with van der Waals surface area (Å²) in [6.07, 6.45) is 7.10. The maximum Gasteiger partial charge on any atom is 0.142 e. The third kappa shape index (κ3) is 2.94. The molecule has 2 aromatic heterocycles. The molecule has 6 heteroatoms. The minimum Gasteiger partial charge on any atom is -0.381 e. The number of rotatable bonds is 4. The van der Waals surface area contributed by atoms with Crippen LogP contribution in [-0.4, -0.2) is 46.1 Å². The zero-order valence-electron chi connectivity index (χ0n) is 12.8. The van der Waals surface area contributed by atoms with E-state index in [2.05, 4.69) is 15.2 Å². The highest BCUT2D eigenvalue weighted by molar-refractivity contribution is 5.25. The van der Waals surface area contributed by atoms with Crippen molar-refractivity contribution in [1.82, 2.24) is 19.8 Å². The van der Waals surface area contributed by atoms with Gasteiger partial charge in [-0.1, -0.05) is 5.16 Å². The second-order valence-corrected chi connectivity index (χ2v) is 6.28. The quantitative estimate of drug-likeness (QED) is 0.860. The summed E-state index contributed by atoms with van der Waals surface area (Å²) in [5.74, 6) is 1.83. The molecule has 0 aromatic carbocycles. The van der Waals surface area contributed by atoms with Gasteiger partial charge in [-0.05, 0) is 24.8 Å². The molecule has 2 aliphatic heterocycles. The van der Waals surface area contributed by atoms with Crippen molar-refractivity contribution in [3.8, 4) is 0 Å². The van der Waals surface area contributed by atoms with Crippen molar-refractivity contribution in [1.29, 1.82) is 0 Å². The number of hydrogen-bond acceptors (Lipinski definition) is 5. The molecule has 0 amide bonds. The Kier molecular flexibility index (Phi) is 3.95. The predicted molar refractivity (Wildman–Crippen MR) is 80.4 cm³/mol. The Bertz CT molecular complexity index is 602. The van der Waals surface area contributed by atoms with Gasteiger partial charge in [0.25, 0.3) is 0 Å². The van der Waals surface area contributed by atoms with Crippen LogP contribution in [0.1, 0.15) is 29.9 Å². The lowest BCUT2D eigenvalue weighted by Crippen LogP contribution is -2.36. The zero-order chi connectivity index (χ0) is 14.8. The number of nitrogens with zero attached hydrogens (tertiary/aromatic N) is 4. The number of ether oxygens (including phenoxy) is 1. The fourth-order valence-corrected chi connectivity index (χ4v) is 3.44. The lowest BCUT2D eigenvalue weighted by atomic mass is 9.97. The lowest BCUT2D eigenvalue weighted by molar-refractivity contribution is 0.0501. The van der Waals surface area contributed by atoms with Gasteiger partial charge >= 0.3 is 0 Å². The fourth-order valence-electron chi connectivity index (χ4n) is 3.44. The smallest absolute Gasteiger partial charge is 0.142 e. The van der Waals surface area contributed by atoms with Crippen molar-refractivity contribution >= 4 is 0 Å². The second-order valence-electron chi connectivity index (χ2n) is 6.28. The van der Waals surface area contributed by atoms with Gasteiger partial charge in [0, 0.05) is 57.2 Å². The zero-order valence-corrected chi connectivity index (χ0v) is 12.8. The maximum absolute atomic E-state index is 5.54. The first kappa shape index (κ1) is 14.0. The topological polar surface area (TPSA) is 56.3 Å². The molecule has 0 N–H and O–H groups in total. The van der Waals surface area contributed by atoms with E-state index < -0.39 is 0 Å². The Labute approximate surface area is 130 Å². The summed E-state index contributed by atoms with van der Waals surface area (Å²) in [4.78, 5) is 2.54. The summed E-state index contributed by atoms with van der Waals surface area (Å²) in [7, 11) is 0. The van der Waals surface area contributed by atoms with Gasteiger partial charge in [0.05, 0.1) is 6.54 Å². The third-order valence-corrected chi connectivity index (χ3v) is 4.72. The van der Waals surface area contributed by atoms with Gasteiger partial charge in [0.15, 0.2) is 0 Å². The summed E-state index contributed by atoms with van der Waals surface area (Å²) in [5, 5.41) is 8.53. The van der Waals surface area contributed by atoms with Crippen LogP contribution in [0.3, 0.4) is 0 Å². The van der Waals surface area contributed by atoms with E-state index in [0.717, 1.165) is 56.6 Å². The molecule has 2 aromatic rings. The van der Waals surface area contributed by atoms with Crippen LogP contribution in [0.15, 0.2) is 23.0 Å². The molecule has 4 heterocycles. The average molecular weight is 302 g/mol. The summed E-state index contributed by atoms with van der Waals surface area (Å²) in [5.41, 5.74) is 2.30. The van der Waals surface area contributed by atoms with Gasteiger partial charge in [-0.3, -0.25) is 9.58 Å². The van der Waals surface area contributed by atoms with Crippen LogP contribution in [0.4, 0.5) is 0 Å². The van der Waals surface area contributed by atoms with Crippen LogP contribution in [0.2, 0.25) is 0 Å². The van der Waals surface area contributed by atoms with E-state index in [9.17, 15) is 0 Å². The Balaban J connectivity index is 1.44. The highest BCUT2D eigenvalue weighted by atomic mass is 16.5. The molecule has 22 heavy (non-hydrogen) atoms. The highest BCUT2D eigenvalue weighted by Gasteiger charge is 2.26. The first-order valence-electron chi connectivity index (χ1n) is 8.12. The number of hydrogen-bond donors (Lipinski definition) is 0. The van der Waals surface area contributed by atoms with Gasteiger partial charge in [0.2, 0.25) is 0 Å². The average Bonchev–Trinajstić information content (AvgIpc) is 3.19. The Morgan fingerprint density at radius 2 is 2.18 bits per heavy atom. The molecule has 118 valence electrons. The molecule has 0 saturated carbocycles. The highest BCUT2D eigenvalue weighted by Crippen LogP contribution is 2.25. The molecular weight excluding hydrogens is 280 g/mol. The normalized spacial score (nSPS) is 20.2. The summed E-state index contributed by atoms with van der Waals surface area (Å²) in [6.45, 7) is 5.71. The van der Waals surface area contributed by atoms with Gasteiger partial charge in [-0.25, -0.2) is 0 Å². The van der Waals surface area contributed by atoms with Crippen LogP contribution in [0.25, 0.3) is 0 Å². The monoisotopic (exact) mass is 302 g/mol. The lowest BCUT2D eigenvalue weighted by Gasteiger charge is -2.31. The largest absolute Gasteiger partial charge is 0.381 e. The van der Waals surface area contributed by atoms with Crippen LogP contribution in [0.5, 0.6) is 0 Å². The van der Waals surface area contributed by atoms with E-state index in [1.54, 1.807) is 6.20 Å².